The number of halogens is 1. The van der Waals surface area contributed by atoms with Crippen LogP contribution in [-0.2, 0) is 11.3 Å². The Morgan fingerprint density at radius 2 is 1.73 bits per heavy atom. The van der Waals surface area contributed by atoms with Crippen LogP contribution >= 0.6 is 11.3 Å². The molecule has 6 rings (SSSR count). The predicted molar refractivity (Wildman–Crippen MR) is 171 cm³/mol. The zero-order valence-corrected chi connectivity index (χ0v) is 25.6. The summed E-state index contributed by atoms with van der Waals surface area (Å²) in [6.07, 6.45) is 5.12. The minimum Gasteiger partial charge on any atom is -0.497 e. The highest BCUT2D eigenvalue weighted by molar-refractivity contribution is 7.20. The van der Waals surface area contributed by atoms with Crippen LogP contribution in [0.5, 0.6) is 5.75 Å². The summed E-state index contributed by atoms with van der Waals surface area (Å²) < 4.78 is 21.1. The fourth-order valence-corrected chi connectivity index (χ4v) is 7.03. The number of carbonyl (C=O) groups is 2. The van der Waals surface area contributed by atoms with Gasteiger partial charge >= 0.3 is 0 Å². The van der Waals surface area contributed by atoms with E-state index in [-0.39, 0.29) is 30.2 Å². The van der Waals surface area contributed by atoms with Crippen molar-refractivity contribution in [3.63, 3.8) is 0 Å². The number of para-hydroxylation sites is 1. The lowest BCUT2D eigenvalue weighted by Gasteiger charge is -2.33. The fourth-order valence-electron chi connectivity index (χ4n) is 5.89. The van der Waals surface area contributed by atoms with Gasteiger partial charge in [0.1, 0.15) is 22.4 Å². The van der Waals surface area contributed by atoms with Gasteiger partial charge in [0.15, 0.2) is 0 Å². The third kappa shape index (κ3) is 6.24. The van der Waals surface area contributed by atoms with Crippen molar-refractivity contribution in [2.24, 2.45) is 0 Å². The summed E-state index contributed by atoms with van der Waals surface area (Å²) in [6, 6.07) is 24.1. The summed E-state index contributed by atoms with van der Waals surface area (Å²) in [6.45, 7) is 2.04. The fraction of sp³-hybridized carbons (Fsp3) is 0.286. The van der Waals surface area contributed by atoms with Crippen LogP contribution in [0, 0.1) is 12.7 Å². The summed E-state index contributed by atoms with van der Waals surface area (Å²) >= 11 is 1.35. The number of amides is 2. The van der Waals surface area contributed by atoms with Crippen molar-refractivity contribution in [3.8, 4) is 11.4 Å². The quantitative estimate of drug-likeness (QED) is 0.189. The first-order chi connectivity index (χ1) is 21.4. The van der Waals surface area contributed by atoms with Gasteiger partial charge in [-0.15, -0.1) is 11.3 Å². The number of methoxy groups -OCH3 is 1. The van der Waals surface area contributed by atoms with Crippen LogP contribution in [0.25, 0.3) is 15.9 Å². The Hall–Kier alpha value is -4.50. The maximum Gasteiger partial charge on any atom is 0.265 e. The molecule has 3 aromatic carbocycles. The topological polar surface area (TPSA) is 76.5 Å². The van der Waals surface area contributed by atoms with Gasteiger partial charge in [0, 0.05) is 18.0 Å². The molecule has 2 aromatic heterocycles. The highest BCUT2D eigenvalue weighted by atomic mass is 32.1. The molecule has 5 aromatic rings. The average Bonchev–Trinajstić information content (AvgIpc) is 3.63. The van der Waals surface area contributed by atoms with Gasteiger partial charge in [0.25, 0.3) is 5.91 Å². The first-order valence-electron chi connectivity index (χ1n) is 15.0. The SMILES string of the molecule is COc1ccc([C@@H](C(=O)NC2CCCCC2)N(Cc2ccc(F)cc2)C(=O)c2cc3c(C)nn(-c4ccccc4)c3s2)cc1. The summed E-state index contributed by atoms with van der Waals surface area (Å²) in [5.41, 5.74) is 3.10. The van der Waals surface area contributed by atoms with Crippen LogP contribution < -0.4 is 10.1 Å². The molecule has 7 nitrogen and oxygen atoms in total. The number of aromatic nitrogens is 2. The largest absolute Gasteiger partial charge is 0.497 e. The molecule has 2 amide bonds. The van der Waals surface area contributed by atoms with Gasteiger partial charge in [-0.2, -0.15) is 5.10 Å². The Morgan fingerprint density at radius 3 is 2.41 bits per heavy atom. The maximum atomic E-state index is 14.6. The highest BCUT2D eigenvalue weighted by Crippen LogP contribution is 2.34. The number of benzene rings is 3. The second-order valence-electron chi connectivity index (χ2n) is 11.2. The molecule has 1 aliphatic carbocycles. The highest BCUT2D eigenvalue weighted by Gasteiger charge is 2.35. The van der Waals surface area contributed by atoms with Crippen molar-refractivity contribution in [3.05, 3.63) is 112 Å². The average molecular weight is 611 g/mol. The van der Waals surface area contributed by atoms with Crippen LogP contribution in [0.2, 0.25) is 0 Å². The second-order valence-corrected chi connectivity index (χ2v) is 12.3. The lowest BCUT2D eigenvalue weighted by atomic mass is 9.94. The van der Waals surface area contributed by atoms with Gasteiger partial charge in [0.2, 0.25) is 5.91 Å². The van der Waals surface area contributed by atoms with Gasteiger partial charge < -0.3 is 15.0 Å². The predicted octanol–water partition coefficient (Wildman–Crippen LogP) is 7.38. The Balaban J connectivity index is 1.43. The molecule has 0 bridgehead atoms. The molecule has 1 aliphatic rings. The molecule has 0 aliphatic heterocycles. The third-order valence-electron chi connectivity index (χ3n) is 8.23. The van der Waals surface area contributed by atoms with Crippen molar-refractivity contribution < 1.29 is 18.7 Å². The zero-order chi connectivity index (χ0) is 30.6. The number of carbonyl (C=O) groups excluding carboxylic acids is 2. The van der Waals surface area contributed by atoms with E-state index in [9.17, 15) is 14.0 Å². The van der Waals surface area contributed by atoms with E-state index in [1.54, 1.807) is 36.3 Å². The van der Waals surface area contributed by atoms with Crippen molar-refractivity contribution in [2.75, 3.05) is 7.11 Å². The summed E-state index contributed by atoms with van der Waals surface area (Å²) in [5.74, 6) is -0.222. The molecule has 0 radical (unpaired) electrons. The van der Waals surface area contributed by atoms with Crippen molar-refractivity contribution in [2.45, 2.75) is 57.7 Å². The Bertz CT molecular complexity index is 1740. The molecular weight excluding hydrogens is 575 g/mol. The van der Waals surface area contributed by atoms with Gasteiger partial charge in [-0.05, 0) is 73.4 Å². The molecule has 226 valence electrons. The molecule has 1 atom stereocenters. The minimum absolute atomic E-state index is 0.0589. The number of nitrogens with zero attached hydrogens (tertiary/aromatic N) is 3. The second kappa shape index (κ2) is 13.0. The van der Waals surface area contributed by atoms with Crippen molar-refractivity contribution in [1.82, 2.24) is 20.0 Å². The summed E-state index contributed by atoms with van der Waals surface area (Å²) in [4.78, 5) is 31.8. The lowest BCUT2D eigenvalue weighted by molar-refractivity contribution is -0.127. The van der Waals surface area contributed by atoms with E-state index in [4.69, 9.17) is 9.84 Å². The minimum atomic E-state index is -0.919. The van der Waals surface area contributed by atoms with Gasteiger partial charge in [-0.1, -0.05) is 61.7 Å². The lowest BCUT2D eigenvalue weighted by Crippen LogP contribution is -2.46. The molecule has 1 saturated carbocycles. The third-order valence-corrected chi connectivity index (χ3v) is 9.32. The van der Waals surface area contributed by atoms with Gasteiger partial charge in [-0.3, -0.25) is 9.59 Å². The number of fused-ring (bicyclic) bond motifs is 1. The van der Waals surface area contributed by atoms with Crippen molar-refractivity contribution in [1.29, 1.82) is 0 Å². The number of ether oxygens (including phenoxy) is 1. The first-order valence-corrected chi connectivity index (χ1v) is 15.8. The van der Waals surface area contributed by atoms with E-state index in [0.29, 0.717) is 16.2 Å². The molecule has 2 heterocycles. The number of rotatable bonds is 9. The normalized spacial score (nSPS) is 14.3. The van der Waals surface area contributed by atoms with Gasteiger partial charge in [0.05, 0.1) is 23.4 Å². The summed E-state index contributed by atoms with van der Waals surface area (Å²) in [5, 5.41) is 8.86. The molecule has 44 heavy (non-hydrogen) atoms. The number of nitrogens with one attached hydrogen (secondary N) is 1. The van der Waals surface area contributed by atoms with E-state index in [0.717, 1.165) is 59.3 Å². The van der Waals surface area contributed by atoms with E-state index in [1.807, 2.05) is 60.1 Å². The zero-order valence-electron chi connectivity index (χ0n) is 24.8. The molecule has 0 saturated heterocycles. The van der Waals surface area contributed by atoms with Crippen LogP contribution in [0.15, 0.2) is 84.9 Å². The molecule has 1 fully saturated rings. The van der Waals surface area contributed by atoms with Crippen LogP contribution in [0.4, 0.5) is 4.39 Å². The van der Waals surface area contributed by atoms with Crippen molar-refractivity contribution >= 4 is 33.4 Å². The summed E-state index contributed by atoms with van der Waals surface area (Å²) in [7, 11) is 1.59. The number of hydrogen-bond donors (Lipinski definition) is 1. The van der Waals surface area contributed by atoms with E-state index in [2.05, 4.69) is 5.32 Å². The monoisotopic (exact) mass is 610 g/mol. The molecule has 0 spiro atoms. The Morgan fingerprint density at radius 1 is 1.02 bits per heavy atom. The molecule has 0 unspecified atom stereocenters. The number of aryl methyl sites for hydroxylation is 1. The molecule has 1 N–H and O–H groups in total. The van der Waals surface area contributed by atoms with E-state index >= 15 is 0 Å². The smallest absolute Gasteiger partial charge is 0.265 e. The van der Waals surface area contributed by atoms with E-state index < -0.39 is 6.04 Å². The van der Waals surface area contributed by atoms with Gasteiger partial charge in [-0.25, -0.2) is 9.07 Å². The number of hydrogen-bond acceptors (Lipinski definition) is 5. The number of thiophene rings is 1. The Kier molecular flexibility index (Phi) is 8.74. The first kappa shape index (κ1) is 29.6. The maximum absolute atomic E-state index is 14.6. The molecule has 9 heteroatoms. The Labute approximate surface area is 260 Å². The van der Waals surface area contributed by atoms with E-state index in [1.165, 1.54) is 23.5 Å². The van der Waals surface area contributed by atoms with Crippen LogP contribution in [0.3, 0.4) is 0 Å². The standard InChI is InChI=1S/C35H35FN4O3S/c1-23-30-21-31(44-35(30)40(38-23)28-11-7-4-8-12-28)34(42)39(22-24-13-17-26(36)18-14-24)32(25-15-19-29(43-2)20-16-25)33(41)37-27-9-5-3-6-10-27/h4,7-8,11-21,27,32H,3,5-6,9-10,22H2,1-2H3,(H,37,41)/t32-/m0/s1. The van der Waals surface area contributed by atoms with Crippen LogP contribution in [0.1, 0.15) is 64.6 Å². The molecular formula is C35H35FN4O3S. The van der Waals surface area contributed by atoms with Crippen LogP contribution in [-0.4, -0.2) is 39.6 Å².